The number of nitrogens with one attached hydrogen (secondary N) is 1. The second-order valence-corrected chi connectivity index (χ2v) is 5.61. The van der Waals surface area contributed by atoms with Crippen LogP contribution >= 0.6 is 15.9 Å². The Kier molecular flexibility index (Phi) is 5.19. The van der Waals surface area contributed by atoms with Crippen LogP contribution < -0.4 is 5.32 Å². The second-order valence-electron chi connectivity index (χ2n) is 4.76. The third-order valence-electron chi connectivity index (χ3n) is 3.42. The summed E-state index contributed by atoms with van der Waals surface area (Å²) in [5.41, 5.74) is 0.712. The number of carboxylic acid groups (broad SMARTS) is 1. The number of morpholine rings is 1. The molecule has 0 radical (unpaired) electrons. The Labute approximate surface area is 131 Å². The maximum absolute atomic E-state index is 12.3. The number of hydrogen-bond donors (Lipinski definition) is 2. The average molecular weight is 357 g/mol. The Balaban J connectivity index is 2.10. The summed E-state index contributed by atoms with van der Waals surface area (Å²) in [7, 11) is 0. The molecule has 0 bridgehead atoms. The SMILES string of the molecule is CCC1COCCN1C(=O)Nc1ccc(C(=O)O)cc1Br. The average Bonchev–Trinajstić information content (AvgIpc) is 2.48. The van der Waals surface area contributed by atoms with Crippen molar-refractivity contribution in [3.05, 3.63) is 28.2 Å². The van der Waals surface area contributed by atoms with Crippen LogP contribution in [0, 0.1) is 0 Å². The molecule has 114 valence electrons. The summed E-state index contributed by atoms with van der Waals surface area (Å²) in [5.74, 6) is -1.01. The van der Waals surface area contributed by atoms with E-state index in [1.54, 1.807) is 11.0 Å². The lowest BCUT2D eigenvalue weighted by atomic mass is 10.2. The maximum Gasteiger partial charge on any atom is 0.335 e. The lowest BCUT2D eigenvalue weighted by molar-refractivity contribution is 0.0144. The van der Waals surface area contributed by atoms with E-state index in [1.807, 2.05) is 6.92 Å². The molecule has 1 aliphatic rings. The number of carbonyl (C=O) groups is 2. The number of ether oxygens (including phenoxy) is 1. The zero-order chi connectivity index (χ0) is 15.4. The molecule has 1 unspecified atom stereocenters. The summed E-state index contributed by atoms with van der Waals surface area (Å²) < 4.78 is 5.91. The molecule has 0 saturated carbocycles. The number of amides is 2. The molecule has 1 heterocycles. The Bertz CT molecular complexity index is 550. The van der Waals surface area contributed by atoms with Gasteiger partial charge in [-0.2, -0.15) is 0 Å². The first-order valence-corrected chi connectivity index (χ1v) is 7.50. The number of anilines is 1. The van der Waals surface area contributed by atoms with Crippen LogP contribution in [0.25, 0.3) is 0 Å². The van der Waals surface area contributed by atoms with Crippen molar-refractivity contribution in [2.75, 3.05) is 25.1 Å². The molecule has 1 saturated heterocycles. The smallest absolute Gasteiger partial charge is 0.335 e. The fraction of sp³-hybridized carbons (Fsp3) is 0.429. The van der Waals surface area contributed by atoms with Gasteiger partial charge in [-0.15, -0.1) is 0 Å². The van der Waals surface area contributed by atoms with Gasteiger partial charge >= 0.3 is 12.0 Å². The van der Waals surface area contributed by atoms with Crippen molar-refractivity contribution in [1.82, 2.24) is 4.90 Å². The second kappa shape index (κ2) is 6.91. The molecule has 0 spiro atoms. The van der Waals surface area contributed by atoms with Gasteiger partial charge in [-0.25, -0.2) is 9.59 Å². The van der Waals surface area contributed by atoms with Gasteiger partial charge in [0.2, 0.25) is 0 Å². The minimum atomic E-state index is -1.01. The van der Waals surface area contributed by atoms with Gasteiger partial charge in [0.15, 0.2) is 0 Å². The van der Waals surface area contributed by atoms with E-state index < -0.39 is 5.97 Å². The largest absolute Gasteiger partial charge is 0.478 e. The summed E-state index contributed by atoms with van der Waals surface area (Å²) in [6.45, 7) is 3.64. The molecule has 2 amide bonds. The summed E-state index contributed by atoms with van der Waals surface area (Å²) in [6.07, 6.45) is 0.826. The standard InChI is InChI=1S/C14H17BrN2O4/c1-2-10-8-21-6-5-17(10)14(20)16-12-4-3-9(13(18)19)7-11(12)15/h3-4,7,10H,2,5-6,8H2,1H3,(H,16,20)(H,18,19). The van der Waals surface area contributed by atoms with Crippen molar-refractivity contribution >= 4 is 33.6 Å². The number of carboxylic acids is 1. The van der Waals surface area contributed by atoms with E-state index in [0.29, 0.717) is 29.9 Å². The van der Waals surface area contributed by atoms with Crippen LogP contribution in [-0.4, -0.2) is 47.8 Å². The summed E-state index contributed by atoms with van der Waals surface area (Å²) in [5, 5.41) is 11.7. The zero-order valence-corrected chi connectivity index (χ0v) is 13.2. The highest BCUT2D eigenvalue weighted by atomic mass is 79.9. The van der Waals surface area contributed by atoms with Crippen molar-refractivity contribution in [3.63, 3.8) is 0 Å². The van der Waals surface area contributed by atoms with Crippen LogP contribution in [0.5, 0.6) is 0 Å². The lowest BCUT2D eigenvalue weighted by Crippen LogP contribution is -2.50. The lowest BCUT2D eigenvalue weighted by Gasteiger charge is -2.35. The highest BCUT2D eigenvalue weighted by molar-refractivity contribution is 9.10. The minimum Gasteiger partial charge on any atom is -0.478 e. The van der Waals surface area contributed by atoms with E-state index in [1.165, 1.54) is 12.1 Å². The van der Waals surface area contributed by atoms with Crippen molar-refractivity contribution in [1.29, 1.82) is 0 Å². The van der Waals surface area contributed by atoms with Gasteiger partial charge in [-0.3, -0.25) is 0 Å². The molecular weight excluding hydrogens is 340 g/mol. The number of carbonyl (C=O) groups excluding carboxylic acids is 1. The summed E-state index contributed by atoms with van der Waals surface area (Å²) >= 11 is 3.28. The fourth-order valence-corrected chi connectivity index (χ4v) is 2.67. The summed E-state index contributed by atoms with van der Waals surface area (Å²) in [4.78, 5) is 25.0. The van der Waals surface area contributed by atoms with Gasteiger partial charge in [0.1, 0.15) is 0 Å². The molecular formula is C14H17BrN2O4. The third-order valence-corrected chi connectivity index (χ3v) is 4.07. The first kappa shape index (κ1) is 15.8. The normalized spacial score (nSPS) is 18.4. The number of urea groups is 1. The maximum atomic E-state index is 12.3. The van der Waals surface area contributed by atoms with Crippen molar-refractivity contribution in [2.24, 2.45) is 0 Å². The number of hydrogen-bond acceptors (Lipinski definition) is 3. The van der Waals surface area contributed by atoms with E-state index in [2.05, 4.69) is 21.2 Å². The van der Waals surface area contributed by atoms with E-state index in [-0.39, 0.29) is 17.6 Å². The van der Waals surface area contributed by atoms with E-state index in [0.717, 1.165) is 6.42 Å². The molecule has 2 N–H and O–H groups in total. The van der Waals surface area contributed by atoms with E-state index in [9.17, 15) is 9.59 Å². The van der Waals surface area contributed by atoms with Gasteiger partial charge in [0.05, 0.1) is 30.5 Å². The predicted molar refractivity (Wildman–Crippen MR) is 81.7 cm³/mol. The Morgan fingerprint density at radius 3 is 2.90 bits per heavy atom. The topological polar surface area (TPSA) is 78.9 Å². The molecule has 0 aromatic heterocycles. The predicted octanol–water partition coefficient (Wildman–Crippen LogP) is 2.79. The fourth-order valence-electron chi connectivity index (χ4n) is 2.20. The zero-order valence-electron chi connectivity index (χ0n) is 11.6. The van der Waals surface area contributed by atoms with Gasteiger partial charge in [-0.1, -0.05) is 6.92 Å². The molecule has 1 aromatic rings. The molecule has 21 heavy (non-hydrogen) atoms. The van der Waals surface area contributed by atoms with E-state index in [4.69, 9.17) is 9.84 Å². The quantitative estimate of drug-likeness (QED) is 0.872. The Morgan fingerprint density at radius 2 is 2.29 bits per heavy atom. The van der Waals surface area contributed by atoms with Crippen LogP contribution in [-0.2, 0) is 4.74 Å². The molecule has 1 atom stereocenters. The van der Waals surface area contributed by atoms with E-state index >= 15 is 0 Å². The number of halogens is 1. The monoisotopic (exact) mass is 356 g/mol. The molecule has 0 aliphatic carbocycles. The molecule has 1 aliphatic heterocycles. The van der Waals surface area contributed by atoms with Crippen LogP contribution in [0.1, 0.15) is 23.7 Å². The van der Waals surface area contributed by atoms with Gasteiger partial charge < -0.3 is 20.1 Å². The highest BCUT2D eigenvalue weighted by Crippen LogP contribution is 2.24. The van der Waals surface area contributed by atoms with Crippen LogP contribution in [0.2, 0.25) is 0 Å². The number of aromatic carboxylic acids is 1. The third kappa shape index (κ3) is 3.74. The van der Waals surface area contributed by atoms with Gasteiger partial charge in [0, 0.05) is 11.0 Å². The molecule has 1 aromatic carbocycles. The summed E-state index contributed by atoms with van der Waals surface area (Å²) in [6, 6.07) is 4.37. The molecule has 7 heteroatoms. The van der Waals surface area contributed by atoms with Crippen LogP contribution in [0.3, 0.4) is 0 Å². The van der Waals surface area contributed by atoms with Crippen molar-refractivity contribution in [3.8, 4) is 0 Å². The van der Waals surface area contributed by atoms with Crippen LogP contribution in [0.4, 0.5) is 10.5 Å². The first-order valence-electron chi connectivity index (χ1n) is 6.71. The molecule has 1 fully saturated rings. The van der Waals surface area contributed by atoms with Crippen LogP contribution in [0.15, 0.2) is 22.7 Å². The van der Waals surface area contributed by atoms with Gasteiger partial charge in [0.25, 0.3) is 0 Å². The number of nitrogens with zero attached hydrogens (tertiary/aromatic N) is 1. The highest BCUT2D eigenvalue weighted by Gasteiger charge is 2.26. The van der Waals surface area contributed by atoms with Crippen molar-refractivity contribution in [2.45, 2.75) is 19.4 Å². The minimum absolute atomic E-state index is 0.0656. The molecule has 6 nitrogen and oxygen atoms in total. The first-order chi connectivity index (χ1) is 10.0. The Morgan fingerprint density at radius 1 is 1.52 bits per heavy atom. The van der Waals surface area contributed by atoms with Crippen molar-refractivity contribution < 1.29 is 19.4 Å². The number of rotatable bonds is 3. The molecule has 2 rings (SSSR count). The Hall–Kier alpha value is -1.60. The van der Waals surface area contributed by atoms with Gasteiger partial charge in [-0.05, 0) is 40.5 Å². The number of benzene rings is 1.